The van der Waals surface area contributed by atoms with Crippen LogP contribution >= 0.6 is 0 Å². The van der Waals surface area contributed by atoms with Gasteiger partial charge in [0.05, 0.1) is 30.1 Å². The molecular formula is C21H22N4O3. The van der Waals surface area contributed by atoms with Crippen LogP contribution in [0, 0.1) is 0 Å². The Hall–Kier alpha value is -3.19. The van der Waals surface area contributed by atoms with E-state index in [1.54, 1.807) is 29.2 Å². The van der Waals surface area contributed by atoms with Crippen LogP contribution in [0.3, 0.4) is 0 Å². The number of esters is 1. The summed E-state index contributed by atoms with van der Waals surface area (Å²) in [7, 11) is 1.32. The van der Waals surface area contributed by atoms with Gasteiger partial charge in [-0.2, -0.15) is 0 Å². The first kappa shape index (κ1) is 18.2. The van der Waals surface area contributed by atoms with E-state index in [2.05, 4.69) is 14.3 Å². The van der Waals surface area contributed by atoms with Crippen molar-refractivity contribution < 1.29 is 14.3 Å². The predicted octanol–water partition coefficient (Wildman–Crippen LogP) is 2.08. The molecule has 1 saturated heterocycles. The van der Waals surface area contributed by atoms with Crippen LogP contribution in [-0.4, -0.2) is 64.3 Å². The molecule has 144 valence electrons. The zero-order valence-electron chi connectivity index (χ0n) is 15.7. The van der Waals surface area contributed by atoms with Crippen molar-refractivity contribution in [1.82, 2.24) is 19.2 Å². The van der Waals surface area contributed by atoms with Crippen molar-refractivity contribution in [2.45, 2.75) is 6.54 Å². The van der Waals surface area contributed by atoms with Crippen LogP contribution < -0.4 is 0 Å². The molecule has 1 aliphatic heterocycles. The van der Waals surface area contributed by atoms with Crippen LogP contribution in [0.1, 0.15) is 26.4 Å². The van der Waals surface area contributed by atoms with Gasteiger partial charge in [-0.05, 0) is 24.3 Å². The standard InChI is InChI=1S/C21H22N4O3/c1-28-21(27)18-7-3-2-6-17(18)20(26)24-12-10-23(11-13-24)15-16-14-22-19-8-4-5-9-25(16)19/h2-9,14H,10-13,15H2,1H3. The van der Waals surface area contributed by atoms with E-state index in [1.165, 1.54) is 7.11 Å². The highest BCUT2D eigenvalue weighted by Crippen LogP contribution is 2.16. The third kappa shape index (κ3) is 3.48. The molecule has 0 N–H and O–H groups in total. The van der Waals surface area contributed by atoms with Gasteiger partial charge in [0.2, 0.25) is 0 Å². The summed E-state index contributed by atoms with van der Waals surface area (Å²) >= 11 is 0. The Bertz CT molecular complexity index is 1010. The monoisotopic (exact) mass is 378 g/mol. The summed E-state index contributed by atoms with van der Waals surface area (Å²) in [5.41, 5.74) is 2.77. The number of methoxy groups -OCH3 is 1. The zero-order chi connectivity index (χ0) is 19.5. The van der Waals surface area contributed by atoms with Crippen LogP contribution in [0.4, 0.5) is 0 Å². The number of benzene rings is 1. The maximum atomic E-state index is 12.9. The highest BCUT2D eigenvalue weighted by atomic mass is 16.5. The first-order valence-corrected chi connectivity index (χ1v) is 9.27. The maximum absolute atomic E-state index is 12.9. The van der Waals surface area contributed by atoms with E-state index in [4.69, 9.17) is 4.74 Å². The number of nitrogens with zero attached hydrogens (tertiary/aromatic N) is 4. The van der Waals surface area contributed by atoms with Crippen molar-refractivity contribution >= 4 is 17.5 Å². The van der Waals surface area contributed by atoms with Crippen LogP contribution in [0.5, 0.6) is 0 Å². The van der Waals surface area contributed by atoms with Gasteiger partial charge in [0, 0.05) is 38.9 Å². The molecule has 0 aliphatic carbocycles. The van der Waals surface area contributed by atoms with Gasteiger partial charge in [0.1, 0.15) is 5.65 Å². The largest absolute Gasteiger partial charge is 0.465 e. The number of ether oxygens (including phenoxy) is 1. The van der Waals surface area contributed by atoms with Crippen molar-refractivity contribution in [2.75, 3.05) is 33.3 Å². The molecule has 1 aromatic carbocycles. The van der Waals surface area contributed by atoms with Crippen molar-refractivity contribution in [1.29, 1.82) is 0 Å². The van der Waals surface area contributed by atoms with Crippen LogP contribution in [0.25, 0.3) is 5.65 Å². The number of hydrogen-bond donors (Lipinski definition) is 0. The molecule has 0 atom stereocenters. The van der Waals surface area contributed by atoms with Gasteiger partial charge < -0.3 is 14.0 Å². The molecule has 0 bridgehead atoms. The number of carbonyl (C=O) groups is 2. The fourth-order valence-corrected chi connectivity index (χ4v) is 3.57. The lowest BCUT2D eigenvalue weighted by Crippen LogP contribution is -2.48. The van der Waals surface area contributed by atoms with E-state index >= 15 is 0 Å². The van der Waals surface area contributed by atoms with Gasteiger partial charge in [-0.1, -0.05) is 18.2 Å². The fraction of sp³-hybridized carbons (Fsp3) is 0.286. The minimum Gasteiger partial charge on any atom is -0.465 e. The Balaban J connectivity index is 1.42. The van der Waals surface area contributed by atoms with Crippen molar-refractivity contribution in [2.24, 2.45) is 0 Å². The highest BCUT2D eigenvalue weighted by Gasteiger charge is 2.26. The minimum absolute atomic E-state index is 0.129. The second-order valence-corrected chi connectivity index (χ2v) is 6.78. The van der Waals surface area contributed by atoms with E-state index in [1.807, 2.05) is 30.6 Å². The smallest absolute Gasteiger partial charge is 0.338 e. The lowest BCUT2D eigenvalue weighted by Gasteiger charge is -2.34. The van der Waals surface area contributed by atoms with Crippen LogP contribution in [0.15, 0.2) is 54.9 Å². The molecule has 0 saturated carbocycles. The number of pyridine rings is 1. The molecule has 3 heterocycles. The molecule has 7 nitrogen and oxygen atoms in total. The Kier molecular flexibility index (Phi) is 5.08. The molecular weight excluding hydrogens is 356 g/mol. The van der Waals surface area contributed by atoms with Crippen molar-refractivity contribution in [3.8, 4) is 0 Å². The first-order chi connectivity index (χ1) is 13.7. The van der Waals surface area contributed by atoms with Crippen molar-refractivity contribution in [3.63, 3.8) is 0 Å². The van der Waals surface area contributed by atoms with Gasteiger partial charge in [-0.3, -0.25) is 9.69 Å². The molecule has 3 aromatic rings. The molecule has 1 fully saturated rings. The van der Waals surface area contributed by atoms with E-state index in [9.17, 15) is 9.59 Å². The number of imidazole rings is 1. The molecule has 7 heteroatoms. The summed E-state index contributed by atoms with van der Waals surface area (Å²) < 4.78 is 6.89. The fourth-order valence-electron chi connectivity index (χ4n) is 3.57. The summed E-state index contributed by atoms with van der Waals surface area (Å²) in [5.74, 6) is -0.620. The first-order valence-electron chi connectivity index (χ1n) is 9.27. The quantitative estimate of drug-likeness (QED) is 0.651. The Morgan fingerprint density at radius 2 is 1.71 bits per heavy atom. The summed E-state index contributed by atoms with van der Waals surface area (Å²) in [4.78, 5) is 33.4. The SMILES string of the molecule is COC(=O)c1ccccc1C(=O)N1CCN(Cc2cnc3ccccn23)CC1. The Morgan fingerprint density at radius 1 is 1.00 bits per heavy atom. The normalized spacial score (nSPS) is 15.0. The Morgan fingerprint density at radius 3 is 2.46 bits per heavy atom. The summed E-state index contributed by atoms with van der Waals surface area (Å²) in [5, 5.41) is 0. The number of amides is 1. The van der Waals surface area contributed by atoms with E-state index < -0.39 is 5.97 Å². The molecule has 1 aliphatic rings. The molecule has 2 aromatic heterocycles. The minimum atomic E-state index is -0.491. The topological polar surface area (TPSA) is 67.2 Å². The highest BCUT2D eigenvalue weighted by molar-refractivity contribution is 6.05. The van der Waals surface area contributed by atoms with E-state index in [-0.39, 0.29) is 5.91 Å². The van der Waals surface area contributed by atoms with Gasteiger partial charge in [-0.15, -0.1) is 0 Å². The number of piperazine rings is 1. The lowest BCUT2D eigenvalue weighted by atomic mass is 10.1. The number of fused-ring (bicyclic) bond motifs is 1. The molecule has 0 radical (unpaired) electrons. The van der Waals surface area contributed by atoms with Crippen LogP contribution in [0.2, 0.25) is 0 Å². The number of hydrogen-bond acceptors (Lipinski definition) is 5. The van der Waals surface area contributed by atoms with Gasteiger partial charge in [-0.25, -0.2) is 9.78 Å². The number of carbonyl (C=O) groups excluding carboxylic acids is 2. The maximum Gasteiger partial charge on any atom is 0.338 e. The van der Waals surface area contributed by atoms with Gasteiger partial charge >= 0.3 is 5.97 Å². The molecule has 4 rings (SSSR count). The van der Waals surface area contributed by atoms with E-state index in [0.717, 1.165) is 31.0 Å². The zero-order valence-corrected chi connectivity index (χ0v) is 15.7. The second kappa shape index (κ2) is 7.82. The second-order valence-electron chi connectivity index (χ2n) is 6.78. The third-order valence-electron chi connectivity index (χ3n) is 5.10. The average Bonchev–Trinajstić information content (AvgIpc) is 3.16. The predicted molar refractivity (Wildman–Crippen MR) is 104 cm³/mol. The summed E-state index contributed by atoms with van der Waals surface area (Å²) in [6.45, 7) is 3.56. The Labute approximate surface area is 163 Å². The number of rotatable bonds is 4. The summed E-state index contributed by atoms with van der Waals surface area (Å²) in [6.07, 6.45) is 3.92. The van der Waals surface area contributed by atoms with Gasteiger partial charge in [0.25, 0.3) is 5.91 Å². The number of aromatic nitrogens is 2. The third-order valence-corrected chi connectivity index (χ3v) is 5.10. The average molecular weight is 378 g/mol. The summed E-state index contributed by atoms with van der Waals surface area (Å²) in [6, 6.07) is 12.8. The van der Waals surface area contributed by atoms with Crippen molar-refractivity contribution in [3.05, 3.63) is 71.7 Å². The van der Waals surface area contributed by atoms with Crippen LogP contribution in [-0.2, 0) is 11.3 Å². The molecule has 28 heavy (non-hydrogen) atoms. The molecule has 0 unspecified atom stereocenters. The molecule has 0 spiro atoms. The van der Waals surface area contributed by atoms with E-state index in [0.29, 0.717) is 24.2 Å². The van der Waals surface area contributed by atoms with Gasteiger partial charge in [0.15, 0.2) is 0 Å². The lowest BCUT2D eigenvalue weighted by molar-refractivity contribution is 0.0570. The molecule has 1 amide bonds.